The van der Waals surface area contributed by atoms with Gasteiger partial charge in [0.1, 0.15) is 0 Å². The van der Waals surface area contributed by atoms with Gasteiger partial charge in [0.05, 0.1) is 31.0 Å². The minimum atomic E-state index is -0.563. The van der Waals surface area contributed by atoms with Gasteiger partial charge in [-0.3, -0.25) is 4.79 Å². The fourth-order valence-corrected chi connectivity index (χ4v) is 4.08. The zero-order valence-electron chi connectivity index (χ0n) is 20.4. The van der Waals surface area contributed by atoms with Gasteiger partial charge in [0, 0.05) is 17.0 Å². The Balaban J connectivity index is 1.72. The van der Waals surface area contributed by atoms with Crippen molar-refractivity contribution in [1.82, 2.24) is 15.3 Å². The number of benzene rings is 2. The van der Waals surface area contributed by atoms with Gasteiger partial charge in [0.15, 0.2) is 0 Å². The number of amides is 2. The van der Waals surface area contributed by atoms with E-state index in [1.54, 1.807) is 13.1 Å². The molecule has 0 aliphatic carbocycles. The number of aromatic nitrogens is 1. The summed E-state index contributed by atoms with van der Waals surface area (Å²) in [7, 11) is 0. The third-order valence-corrected chi connectivity index (χ3v) is 5.69. The Labute approximate surface area is 200 Å². The first-order chi connectivity index (χ1) is 16.3. The van der Waals surface area contributed by atoms with Crippen LogP contribution in [0.3, 0.4) is 0 Å². The maximum absolute atomic E-state index is 12.6. The van der Waals surface area contributed by atoms with Crippen molar-refractivity contribution in [1.29, 1.82) is 0 Å². The molecule has 7 nitrogen and oxygen atoms in total. The number of alkyl carbamates (subject to hydrolysis) is 1. The minimum absolute atomic E-state index is 0.0294. The predicted molar refractivity (Wildman–Crippen MR) is 134 cm³/mol. The summed E-state index contributed by atoms with van der Waals surface area (Å²) in [5.74, 6) is -0.314. The van der Waals surface area contributed by atoms with E-state index in [9.17, 15) is 9.59 Å². The Kier molecular flexibility index (Phi) is 8.24. The third-order valence-electron chi connectivity index (χ3n) is 5.69. The quantitative estimate of drug-likeness (QED) is 0.365. The Morgan fingerprint density at radius 3 is 2.35 bits per heavy atom. The van der Waals surface area contributed by atoms with E-state index >= 15 is 0 Å². The molecule has 1 aromatic heterocycles. The van der Waals surface area contributed by atoms with Crippen molar-refractivity contribution in [3.8, 4) is 5.69 Å². The lowest BCUT2D eigenvalue weighted by atomic mass is 10.0. The van der Waals surface area contributed by atoms with Crippen LogP contribution >= 0.6 is 0 Å². The largest absolute Gasteiger partial charge is 0.450 e. The predicted octanol–water partition coefficient (Wildman–Crippen LogP) is 5.04. The van der Waals surface area contributed by atoms with Gasteiger partial charge >= 0.3 is 6.09 Å². The van der Waals surface area contributed by atoms with Crippen LogP contribution in [0.15, 0.2) is 59.7 Å². The van der Waals surface area contributed by atoms with E-state index in [1.807, 2.05) is 43.3 Å². The number of rotatable bonds is 8. The van der Waals surface area contributed by atoms with Crippen LogP contribution in [-0.2, 0) is 9.53 Å². The average Bonchev–Trinajstić information content (AvgIpc) is 3.07. The molecule has 0 spiro atoms. The second-order valence-electron chi connectivity index (χ2n) is 8.23. The molecule has 0 aliphatic heterocycles. The minimum Gasteiger partial charge on any atom is -0.450 e. The molecule has 2 amide bonds. The van der Waals surface area contributed by atoms with Crippen molar-refractivity contribution < 1.29 is 14.3 Å². The van der Waals surface area contributed by atoms with Crippen LogP contribution in [-0.4, -0.2) is 29.4 Å². The van der Waals surface area contributed by atoms with E-state index in [0.29, 0.717) is 0 Å². The Bertz CT molecular complexity index is 1160. The lowest BCUT2D eigenvalue weighted by Gasteiger charge is -2.18. The molecule has 0 aliphatic rings. The van der Waals surface area contributed by atoms with E-state index in [1.165, 1.54) is 11.1 Å². The molecular weight excluding hydrogens is 428 g/mol. The number of ether oxygens (including phenoxy) is 1. The lowest BCUT2D eigenvalue weighted by Crippen LogP contribution is -2.33. The topological polar surface area (TPSA) is 84.7 Å². The molecule has 7 heteroatoms. The second kappa shape index (κ2) is 11.3. The second-order valence-corrected chi connectivity index (χ2v) is 8.23. The molecule has 3 aromatic rings. The van der Waals surface area contributed by atoms with Gasteiger partial charge in [0.2, 0.25) is 5.91 Å². The molecule has 0 saturated carbocycles. The van der Waals surface area contributed by atoms with Gasteiger partial charge < -0.3 is 14.6 Å². The molecule has 2 aromatic carbocycles. The van der Waals surface area contributed by atoms with Crippen LogP contribution in [0.1, 0.15) is 53.0 Å². The number of carbonyl (C=O) groups excluding carboxylic acids is 2. The van der Waals surface area contributed by atoms with E-state index < -0.39 is 12.1 Å². The first-order valence-corrected chi connectivity index (χ1v) is 11.4. The summed E-state index contributed by atoms with van der Waals surface area (Å²) in [5.41, 5.74) is 10.00. The first kappa shape index (κ1) is 24.8. The zero-order valence-corrected chi connectivity index (χ0v) is 20.4. The molecule has 0 saturated heterocycles. The molecule has 3 rings (SSSR count). The maximum Gasteiger partial charge on any atom is 0.407 e. The highest BCUT2D eigenvalue weighted by Crippen LogP contribution is 2.25. The zero-order chi connectivity index (χ0) is 24.7. The first-order valence-electron chi connectivity index (χ1n) is 11.4. The van der Waals surface area contributed by atoms with E-state index in [2.05, 4.69) is 59.4 Å². The summed E-state index contributed by atoms with van der Waals surface area (Å²) in [6, 6.07) is 17.1. The van der Waals surface area contributed by atoms with Gasteiger partial charge in [0.25, 0.3) is 0 Å². The normalized spacial score (nSPS) is 11.9. The fourth-order valence-electron chi connectivity index (χ4n) is 4.08. The third kappa shape index (κ3) is 5.92. The van der Waals surface area contributed by atoms with Crippen LogP contribution in [0.4, 0.5) is 4.79 Å². The maximum atomic E-state index is 12.6. The molecule has 178 valence electrons. The number of hydrogen-bond donors (Lipinski definition) is 2. The summed E-state index contributed by atoms with van der Waals surface area (Å²) < 4.78 is 7.19. The molecule has 1 heterocycles. The monoisotopic (exact) mass is 460 g/mol. The summed E-state index contributed by atoms with van der Waals surface area (Å²) >= 11 is 0. The smallest absolute Gasteiger partial charge is 0.407 e. The van der Waals surface area contributed by atoms with E-state index in [4.69, 9.17) is 4.74 Å². The number of carbonyl (C=O) groups is 2. The number of nitrogens with one attached hydrogen (secondary N) is 2. The van der Waals surface area contributed by atoms with Gasteiger partial charge in [-0.05, 0) is 57.4 Å². The standard InChI is InChI=1S/C27H32N4O3/c1-6-34-27(33)29-24(22-13-8-7-9-14-22)16-25(32)30-28-17-23-15-20(4)31(21(23)5)26-18(2)11-10-12-19(26)3/h7-15,17,24H,6,16H2,1-5H3,(H,29,33)(H,30,32)/b28-17-/t24-/m1/s1. The molecular formula is C27H32N4O3. The number of aryl methyl sites for hydroxylation is 3. The Morgan fingerprint density at radius 2 is 1.71 bits per heavy atom. The van der Waals surface area contributed by atoms with Crippen molar-refractivity contribution in [3.63, 3.8) is 0 Å². The van der Waals surface area contributed by atoms with Crippen LogP contribution in [0, 0.1) is 27.7 Å². The lowest BCUT2D eigenvalue weighted by molar-refractivity contribution is -0.121. The van der Waals surface area contributed by atoms with Gasteiger partial charge in [-0.25, -0.2) is 10.2 Å². The highest BCUT2D eigenvalue weighted by atomic mass is 16.5. The number of nitrogens with zero attached hydrogens (tertiary/aromatic N) is 2. The van der Waals surface area contributed by atoms with Crippen LogP contribution in [0.5, 0.6) is 0 Å². The number of para-hydroxylation sites is 1. The van der Waals surface area contributed by atoms with E-state index in [-0.39, 0.29) is 18.9 Å². The molecule has 34 heavy (non-hydrogen) atoms. The van der Waals surface area contributed by atoms with Crippen molar-refractivity contribution >= 4 is 18.2 Å². The van der Waals surface area contributed by atoms with Crippen molar-refractivity contribution in [2.45, 2.75) is 47.1 Å². The highest BCUT2D eigenvalue weighted by Gasteiger charge is 2.19. The summed E-state index contributed by atoms with van der Waals surface area (Å²) in [5, 5.41) is 6.92. The van der Waals surface area contributed by atoms with Crippen molar-refractivity contribution in [3.05, 3.63) is 88.2 Å². The van der Waals surface area contributed by atoms with Crippen molar-refractivity contribution in [2.75, 3.05) is 6.61 Å². The molecule has 0 unspecified atom stereocenters. The van der Waals surface area contributed by atoms with Crippen LogP contribution < -0.4 is 10.7 Å². The molecule has 2 N–H and O–H groups in total. The molecule has 0 radical (unpaired) electrons. The Morgan fingerprint density at radius 1 is 1.03 bits per heavy atom. The molecule has 0 fully saturated rings. The van der Waals surface area contributed by atoms with Gasteiger partial charge in [-0.1, -0.05) is 48.5 Å². The Hall–Kier alpha value is -3.87. The number of hydrogen-bond acceptors (Lipinski definition) is 4. The fraction of sp³-hybridized carbons (Fsp3) is 0.296. The van der Waals surface area contributed by atoms with Crippen LogP contribution in [0.25, 0.3) is 5.69 Å². The molecule has 0 bridgehead atoms. The van der Waals surface area contributed by atoms with Crippen molar-refractivity contribution in [2.24, 2.45) is 5.10 Å². The number of hydrazone groups is 1. The highest BCUT2D eigenvalue weighted by molar-refractivity contribution is 5.84. The van der Waals surface area contributed by atoms with Crippen LogP contribution in [0.2, 0.25) is 0 Å². The summed E-state index contributed by atoms with van der Waals surface area (Å²) in [6.07, 6.45) is 1.12. The van der Waals surface area contributed by atoms with Gasteiger partial charge in [-0.15, -0.1) is 0 Å². The van der Waals surface area contributed by atoms with E-state index in [0.717, 1.165) is 28.2 Å². The summed E-state index contributed by atoms with van der Waals surface area (Å²) in [4.78, 5) is 24.5. The SMILES string of the molecule is CCOC(=O)N[C@H](CC(=O)N/N=C\c1cc(C)n(-c2c(C)cccc2C)c1C)c1ccccc1. The van der Waals surface area contributed by atoms with Gasteiger partial charge in [-0.2, -0.15) is 5.10 Å². The summed E-state index contributed by atoms with van der Waals surface area (Å²) in [6.45, 7) is 10.3. The molecule has 1 atom stereocenters. The average molecular weight is 461 g/mol.